The monoisotopic (exact) mass is 281 g/mol. The van der Waals surface area contributed by atoms with Crippen LogP contribution in [0, 0.1) is 6.92 Å². The standard InChI is InChI=1S/C13H23N5O2/c1-5-18(6-2)10(19)7-8-15-13(20)12-11(14)9(3)16-17(12)4/h5-8,14H2,1-4H3,(H,15,20). The second-order valence-corrected chi connectivity index (χ2v) is 4.54. The highest BCUT2D eigenvalue weighted by molar-refractivity contribution is 5.98. The fourth-order valence-electron chi connectivity index (χ4n) is 2.04. The van der Waals surface area contributed by atoms with Gasteiger partial charge in [-0.25, -0.2) is 0 Å². The van der Waals surface area contributed by atoms with E-state index >= 15 is 0 Å². The minimum Gasteiger partial charge on any atom is -0.395 e. The van der Waals surface area contributed by atoms with Crippen molar-refractivity contribution in [3.8, 4) is 0 Å². The molecule has 7 nitrogen and oxygen atoms in total. The van der Waals surface area contributed by atoms with Gasteiger partial charge in [0.1, 0.15) is 5.69 Å². The van der Waals surface area contributed by atoms with Crippen LogP contribution < -0.4 is 11.1 Å². The van der Waals surface area contributed by atoms with Crippen LogP contribution in [0.4, 0.5) is 5.69 Å². The Labute approximate surface area is 119 Å². The van der Waals surface area contributed by atoms with Crippen molar-refractivity contribution >= 4 is 17.5 Å². The molecule has 1 aromatic rings. The molecule has 0 aliphatic carbocycles. The molecule has 3 N–H and O–H groups in total. The summed E-state index contributed by atoms with van der Waals surface area (Å²) in [5.41, 5.74) is 7.14. The summed E-state index contributed by atoms with van der Waals surface area (Å²) in [6, 6.07) is 0. The van der Waals surface area contributed by atoms with E-state index in [2.05, 4.69) is 10.4 Å². The van der Waals surface area contributed by atoms with Gasteiger partial charge in [-0.15, -0.1) is 0 Å². The molecule has 1 rings (SSSR count). The molecule has 0 spiro atoms. The molecule has 0 unspecified atom stereocenters. The molecule has 0 fully saturated rings. The molecule has 0 bridgehead atoms. The fourth-order valence-corrected chi connectivity index (χ4v) is 2.04. The number of anilines is 1. The average Bonchev–Trinajstić information content (AvgIpc) is 2.64. The Morgan fingerprint density at radius 2 is 1.95 bits per heavy atom. The number of hydrogen-bond acceptors (Lipinski definition) is 4. The number of rotatable bonds is 6. The number of carbonyl (C=O) groups is 2. The van der Waals surface area contributed by atoms with Crippen molar-refractivity contribution in [3.05, 3.63) is 11.4 Å². The van der Waals surface area contributed by atoms with E-state index in [-0.39, 0.29) is 24.8 Å². The van der Waals surface area contributed by atoms with E-state index in [0.29, 0.717) is 30.2 Å². The number of aryl methyl sites for hydroxylation is 2. The normalized spacial score (nSPS) is 10.4. The van der Waals surface area contributed by atoms with Crippen LogP contribution in [0.1, 0.15) is 36.5 Å². The number of hydrogen-bond donors (Lipinski definition) is 2. The zero-order valence-electron chi connectivity index (χ0n) is 12.6. The maximum atomic E-state index is 12.0. The van der Waals surface area contributed by atoms with Crippen LogP contribution >= 0.6 is 0 Å². The number of amides is 2. The maximum Gasteiger partial charge on any atom is 0.271 e. The van der Waals surface area contributed by atoms with Gasteiger partial charge in [0.25, 0.3) is 5.91 Å². The van der Waals surface area contributed by atoms with E-state index in [1.807, 2.05) is 13.8 Å². The molecule has 0 aliphatic rings. The van der Waals surface area contributed by atoms with Crippen LogP contribution in [0.5, 0.6) is 0 Å². The van der Waals surface area contributed by atoms with Crippen molar-refractivity contribution < 1.29 is 9.59 Å². The van der Waals surface area contributed by atoms with Crippen molar-refractivity contribution in [2.45, 2.75) is 27.2 Å². The minimum absolute atomic E-state index is 0.0319. The van der Waals surface area contributed by atoms with E-state index < -0.39 is 0 Å². The predicted octanol–water partition coefficient (Wildman–Crippen LogP) is 0.299. The third-order valence-electron chi connectivity index (χ3n) is 3.22. The van der Waals surface area contributed by atoms with E-state index in [4.69, 9.17) is 5.73 Å². The largest absolute Gasteiger partial charge is 0.395 e. The Balaban J connectivity index is 2.54. The zero-order valence-corrected chi connectivity index (χ0v) is 12.6. The Bertz CT molecular complexity index is 491. The maximum absolute atomic E-state index is 12.0. The first-order valence-electron chi connectivity index (χ1n) is 6.77. The molecule has 7 heteroatoms. The third-order valence-corrected chi connectivity index (χ3v) is 3.22. The number of aromatic nitrogens is 2. The first-order valence-corrected chi connectivity index (χ1v) is 6.77. The van der Waals surface area contributed by atoms with Gasteiger partial charge in [-0.3, -0.25) is 14.3 Å². The van der Waals surface area contributed by atoms with Gasteiger partial charge in [0.05, 0.1) is 11.4 Å². The summed E-state index contributed by atoms with van der Waals surface area (Å²) in [5, 5.41) is 6.79. The SMILES string of the molecule is CCN(CC)C(=O)CCNC(=O)c1c(N)c(C)nn1C. The number of nitrogen functional groups attached to an aromatic ring is 1. The summed E-state index contributed by atoms with van der Waals surface area (Å²) in [6.07, 6.45) is 0.282. The van der Waals surface area contributed by atoms with Gasteiger partial charge in [-0.2, -0.15) is 5.10 Å². The predicted molar refractivity (Wildman–Crippen MR) is 77.2 cm³/mol. The Morgan fingerprint density at radius 1 is 1.35 bits per heavy atom. The van der Waals surface area contributed by atoms with Crippen LogP contribution in [0.3, 0.4) is 0 Å². The Kier molecular flexibility index (Phi) is 5.54. The molecule has 2 amide bonds. The summed E-state index contributed by atoms with van der Waals surface area (Å²) in [7, 11) is 1.67. The summed E-state index contributed by atoms with van der Waals surface area (Å²) in [5.74, 6) is -0.276. The number of nitrogens with zero attached hydrogens (tertiary/aromatic N) is 3. The molecule has 0 aromatic carbocycles. The van der Waals surface area contributed by atoms with Crippen LogP contribution in [-0.2, 0) is 11.8 Å². The summed E-state index contributed by atoms with van der Waals surface area (Å²) in [6.45, 7) is 7.25. The molecule has 112 valence electrons. The van der Waals surface area contributed by atoms with E-state index in [1.165, 1.54) is 4.68 Å². The first kappa shape index (κ1) is 16.0. The van der Waals surface area contributed by atoms with Gasteiger partial charge in [0.2, 0.25) is 5.91 Å². The van der Waals surface area contributed by atoms with Crippen LogP contribution in [0.15, 0.2) is 0 Å². The average molecular weight is 281 g/mol. The van der Waals surface area contributed by atoms with Gasteiger partial charge in [-0.1, -0.05) is 0 Å². The van der Waals surface area contributed by atoms with Gasteiger partial charge < -0.3 is 16.0 Å². The Morgan fingerprint density at radius 3 is 2.40 bits per heavy atom. The smallest absolute Gasteiger partial charge is 0.271 e. The fraction of sp³-hybridized carbons (Fsp3) is 0.615. The van der Waals surface area contributed by atoms with Crippen LogP contribution in [0.2, 0.25) is 0 Å². The minimum atomic E-state index is -0.307. The molecule has 0 aliphatic heterocycles. The van der Waals surface area contributed by atoms with Crippen molar-refractivity contribution in [2.75, 3.05) is 25.4 Å². The van der Waals surface area contributed by atoms with Gasteiger partial charge in [-0.05, 0) is 20.8 Å². The topological polar surface area (TPSA) is 93.2 Å². The van der Waals surface area contributed by atoms with Crippen LogP contribution in [0.25, 0.3) is 0 Å². The molecule has 0 radical (unpaired) electrons. The van der Waals surface area contributed by atoms with Gasteiger partial charge in [0.15, 0.2) is 0 Å². The van der Waals surface area contributed by atoms with Crippen molar-refractivity contribution in [2.24, 2.45) is 7.05 Å². The highest BCUT2D eigenvalue weighted by atomic mass is 16.2. The number of carbonyl (C=O) groups excluding carboxylic acids is 2. The zero-order chi connectivity index (χ0) is 15.3. The van der Waals surface area contributed by atoms with Crippen molar-refractivity contribution in [3.63, 3.8) is 0 Å². The van der Waals surface area contributed by atoms with E-state index in [9.17, 15) is 9.59 Å². The Hall–Kier alpha value is -2.05. The summed E-state index contributed by atoms with van der Waals surface area (Å²) < 4.78 is 1.45. The third kappa shape index (κ3) is 3.49. The van der Waals surface area contributed by atoms with E-state index in [0.717, 1.165) is 0 Å². The molecular weight excluding hydrogens is 258 g/mol. The molecule has 1 aromatic heterocycles. The number of nitrogens with one attached hydrogen (secondary N) is 1. The molecular formula is C13H23N5O2. The second-order valence-electron chi connectivity index (χ2n) is 4.54. The first-order chi connectivity index (χ1) is 9.42. The lowest BCUT2D eigenvalue weighted by atomic mass is 10.3. The molecule has 0 saturated carbocycles. The lowest BCUT2D eigenvalue weighted by molar-refractivity contribution is -0.130. The molecule has 0 atom stereocenters. The van der Waals surface area contributed by atoms with Crippen molar-refractivity contribution in [1.29, 1.82) is 0 Å². The lowest BCUT2D eigenvalue weighted by Crippen LogP contribution is -2.34. The van der Waals surface area contributed by atoms with Gasteiger partial charge in [0, 0.05) is 33.1 Å². The summed E-state index contributed by atoms with van der Waals surface area (Å²) >= 11 is 0. The van der Waals surface area contributed by atoms with Gasteiger partial charge >= 0.3 is 0 Å². The van der Waals surface area contributed by atoms with Crippen LogP contribution in [-0.4, -0.2) is 46.1 Å². The number of nitrogens with two attached hydrogens (primary N) is 1. The highest BCUT2D eigenvalue weighted by Crippen LogP contribution is 2.14. The lowest BCUT2D eigenvalue weighted by Gasteiger charge is -2.18. The second kappa shape index (κ2) is 6.93. The van der Waals surface area contributed by atoms with E-state index in [1.54, 1.807) is 18.9 Å². The van der Waals surface area contributed by atoms with Crippen molar-refractivity contribution in [1.82, 2.24) is 20.0 Å². The summed E-state index contributed by atoms with van der Waals surface area (Å²) in [4.78, 5) is 25.5. The quantitative estimate of drug-likeness (QED) is 0.784. The molecule has 1 heterocycles. The molecule has 0 saturated heterocycles. The molecule has 20 heavy (non-hydrogen) atoms. The highest BCUT2D eigenvalue weighted by Gasteiger charge is 2.18.